The molecule has 0 radical (unpaired) electrons. The molecule has 0 aliphatic carbocycles. The SMILES string of the molecule is Cc1cc(C(=O)O)n2nc(-c3cccnc3)nc2n1. The van der Waals surface area contributed by atoms with Crippen molar-refractivity contribution in [2.45, 2.75) is 6.92 Å². The van der Waals surface area contributed by atoms with E-state index in [4.69, 9.17) is 5.11 Å². The van der Waals surface area contributed by atoms with Crippen molar-refractivity contribution >= 4 is 11.7 Å². The molecule has 0 unspecified atom stereocenters. The lowest BCUT2D eigenvalue weighted by Crippen LogP contribution is -2.08. The van der Waals surface area contributed by atoms with Gasteiger partial charge in [0.15, 0.2) is 11.5 Å². The summed E-state index contributed by atoms with van der Waals surface area (Å²) in [5.74, 6) is -0.414. The maximum Gasteiger partial charge on any atom is 0.354 e. The number of fused-ring (bicyclic) bond motifs is 1. The van der Waals surface area contributed by atoms with E-state index in [2.05, 4.69) is 20.1 Å². The highest BCUT2D eigenvalue weighted by atomic mass is 16.4. The van der Waals surface area contributed by atoms with Gasteiger partial charge >= 0.3 is 5.97 Å². The standard InChI is InChI=1S/C12H9N5O2/c1-7-5-9(11(18)19)17-12(14-7)15-10(16-17)8-3-2-4-13-6-8/h2-6H,1H3,(H,18,19). The van der Waals surface area contributed by atoms with E-state index in [0.717, 1.165) is 0 Å². The summed E-state index contributed by atoms with van der Waals surface area (Å²) >= 11 is 0. The summed E-state index contributed by atoms with van der Waals surface area (Å²) in [6.07, 6.45) is 3.26. The number of carboxylic acids is 1. The van der Waals surface area contributed by atoms with Gasteiger partial charge in [-0.2, -0.15) is 9.50 Å². The third-order valence-electron chi connectivity index (χ3n) is 2.58. The zero-order valence-corrected chi connectivity index (χ0v) is 9.98. The average Bonchev–Trinajstić information content (AvgIpc) is 2.82. The number of aryl methyl sites for hydroxylation is 1. The fraction of sp³-hybridized carbons (Fsp3) is 0.0833. The van der Waals surface area contributed by atoms with Crippen LogP contribution in [0.3, 0.4) is 0 Å². The first-order chi connectivity index (χ1) is 9.15. The Morgan fingerprint density at radius 2 is 2.21 bits per heavy atom. The Hall–Kier alpha value is -2.83. The predicted octanol–water partition coefficient (Wildman–Crippen LogP) is 1.19. The van der Waals surface area contributed by atoms with E-state index in [1.807, 2.05) is 0 Å². The van der Waals surface area contributed by atoms with E-state index < -0.39 is 5.97 Å². The smallest absolute Gasteiger partial charge is 0.354 e. The molecule has 0 saturated heterocycles. The van der Waals surface area contributed by atoms with Gasteiger partial charge in [0.2, 0.25) is 0 Å². The Morgan fingerprint density at radius 3 is 2.89 bits per heavy atom. The van der Waals surface area contributed by atoms with Crippen LogP contribution in [0, 0.1) is 6.92 Å². The Morgan fingerprint density at radius 1 is 1.37 bits per heavy atom. The minimum atomic E-state index is -1.07. The molecule has 0 aliphatic rings. The molecule has 0 aliphatic heterocycles. The number of aromatic carboxylic acids is 1. The normalized spacial score (nSPS) is 10.8. The maximum absolute atomic E-state index is 11.2. The van der Waals surface area contributed by atoms with Crippen LogP contribution in [-0.4, -0.2) is 35.6 Å². The molecule has 3 aromatic heterocycles. The first kappa shape index (κ1) is 11.3. The molecule has 3 rings (SSSR count). The van der Waals surface area contributed by atoms with Crippen LogP contribution in [0.4, 0.5) is 0 Å². The van der Waals surface area contributed by atoms with Gasteiger partial charge in [-0.1, -0.05) is 0 Å². The number of nitrogens with zero attached hydrogens (tertiary/aromatic N) is 5. The largest absolute Gasteiger partial charge is 0.477 e. The molecule has 7 heteroatoms. The summed E-state index contributed by atoms with van der Waals surface area (Å²) in [6.45, 7) is 1.71. The lowest BCUT2D eigenvalue weighted by atomic mass is 10.3. The van der Waals surface area contributed by atoms with E-state index in [0.29, 0.717) is 17.1 Å². The van der Waals surface area contributed by atoms with Crippen LogP contribution in [0.5, 0.6) is 0 Å². The molecule has 0 spiro atoms. The van der Waals surface area contributed by atoms with Gasteiger partial charge in [0.05, 0.1) is 0 Å². The summed E-state index contributed by atoms with van der Waals surface area (Å²) < 4.78 is 1.22. The van der Waals surface area contributed by atoms with E-state index in [9.17, 15) is 4.79 Å². The summed E-state index contributed by atoms with van der Waals surface area (Å²) in [7, 11) is 0. The van der Waals surface area contributed by atoms with Crippen LogP contribution in [0.1, 0.15) is 16.2 Å². The highest BCUT2D eigenvalue weighted by molar-refractivity contribution is 5.86. The summed E-state index contributed by atoms with van der Waals surface area (Å²) in [6, 6.07) is 5.02. The number of pyridine rings is 1. The molecule has 1 N–H and O–H groups in total. The van der Waals surface area contributed by atoms with Gasteiger partial charge in [0.1, 0.15) is 0 Å². The van der Waals surface area contributed by atoms with Crippen LogP contribution < -0.4 is 0 Å². The highest BCUT2D eigenvalue weighted by Gasteiger charge is 2.15. The van der Waals surface area contributed by atoms with Crippen molar-refractivity contribution in [1.82, 2.24) is 24.6 Å². The average molecular weight is 255 g/mol. The van der Waals surface area contributed by atoms with Crippen molar-refractivity contribution in [3.05, 3.63) is 42.0 Å². The second kappa shape index (κ2) is 4.13. The molecule has 19 heavy (non-hydrogen) atoms. The van der Waals surface area contributed by atoms with Gasteiger partial charge in [-0.25, -0.2) is 9.78 Å². The molecule has 0 atom stereocenters. The van der Waals surface area contributed by atoms with E-state index in [1.165, 1.54) is 10.6 Å². The zero-order chi connectivity index (χ0) is 13.4. The van der Waals surface area contributed by atoms with Crippen LogP contribution >= 0.6 is 0 Å². The number of carboxylic acid groups (broad SMARTS) is 1. The number of carbonyl (C=O) groups is 1. The van der Waals surface area contributed by atoms with Crippen molar-refractivity contribution in [3.63, 3.8) is 0 Å². The zero-order valence-electron chi connectivity index (χ0n) is 9.98. The van der Waals surface area contributed by atoms with Crippen LogP contribution in [0.25, 0.3) is 17.2 Å². The molecule has 0 amide bonds. The van der Waals surface area contributed by atoms with Gasteiger partial charge in [-0.05, 0) is 25.1 Å². The van der Waals surface area contributed by atoms with Gasteiger partial charge in [0.25, 0.3) is 5.78 Å². The molecule has 7 nitrogen and oxygen atoms in total. The van der Waals surface area contributed by atoms with Gasteiger partial charge in [-0.3, -0.25) is 4.98 Å². The summed E-state index contributed by atoms with van der Waals surface area (Å²) in [5.41, 5.74) is 1.32. The highest BCUT2D eigenvalue weighted by Crippen LogP contribution is 2.15. The summed E-state index contributed by atoms with van der Waals surface area (Å²) in [4.78, 5) is 23.6. The monoisotopic (exact) mass is 255 g/mol. The fourth-order valence-corrected chi connectivity index (χ4v) is 1.76. The van der Waals surface area contributed by atoms with Gasteiger partial charge in [0, 0.05) is 23.7 Å². The minimum absolute atomic E-state index is 0.0325. The van der Waals surface area contributed by atoms with E-state index >= 15 is 0 Å². The number of rotatable bonds is 2. The van der Waals surface area contributed by atoms with Crippen molar-refractivity contribution in [1.29, 1.82) is 0 Å². The van der Waals surface area contributed by atoms with Crippen molar-refractivity contribution in [2.75, 3.05) is 0 Å². The Kier molecular flexibility index (Phi) is 2.45. The van der Waals surface area contributed by atoms with E-state index in [1.54, 1.807) is 31.5 Å². The first-order valence-electron chi connectivity index (χ1n) is 5.53. The van der Waals surface area contributed by atoms with Crippen LogP contribution in [0.15, 0.2) is 30.6 Å². The maximum atomic E-state index is 11.2. The van der Waals surface area contributed by atoms with Crippen molar-refractivity contribution in [2.24, 2.45) is 0 Å². The summed E-state index contributed by atoms with van der Waals surface area (Å²) in [5, 5.41) is 13.3. The quantitative estimate of drug-likeness (QED) is 0.739. The third-order valence-corrected chi connectivity index (χ3v) is 2.58. The van der Waals surface area contributed by atoms with E-state index in [-0.39, 0.29) is 11.5 Å². The number of hydrogen-bond acceptors (Lipinski definition) is 5. The molecular weight excluding hydrogens is 246 g/mol. The Bertz CT molecular complexity index is 766. The third kappa shape index (κ3) is 1.90. The molecule has 3 heterocycles. The molecule has 0 bridgehead atoms. The molecule has 3 aromatic rings. The first-order valence-corrected chi connectivity index (χ1v) is 5.53. The van der Waals surface area contributed by atoms with Crippen molar-refractivity contribution < 1.29 is 9.90 Å². The van der Waals surface area contributed by atoms with Crippen LogP contribution in [-0.2, 0) is 0 Å². The molecule has 94 valence electrons. The van der Waals surface area contributed by atoms with Crippen molar-refractivity contribution in [3.8, 4) is 11.4 Å². The fourth-order valence-electron chi connectivity index (χ4n) is 1.76. The van der Waals surface area contributed by atoms with Crippen LogP contribution in [0.2, 0.25) is 0 Å². The molecule has 0 fully saturated rings. The molecule has 0 aromatic carbocycles. The molecular formula is C12H9N5O2. The number of aromatic nitrogens is 5. The topological polar surface area (TPSA) is 93.3 Å². The second-order valence-electron chi connectivity index (χ2n) is 3.98. The lowest BCUT2D eigenvalue weighted by Gasteiger charge is -1.98. The molecule has 0 saturated carbocycles. The number of hydrogen-bond donors (Lipinski definition) is 1. The Balaban J connectivity index is 2.26. The second-order valence-corrected chi connectivity index (χ2v) is 3.98. The Labute approximate surface area is 107 Å². The lowest BCUT2D eigenvalue weighted by molar-refractivity contribution is 0.0687. The van der Waals surface area contributed by atoms with Gasteiger partial charge < -0.3 is 5.11 Å². The minimum Gasteiger partial charge on any atom is -0.477 e. The van der Waals surface area contributed by atoms with Gasteiger partial charge in [-0.15, -0.1) is 5.10 Å². The predicted molar refractivity (Wildman–Crippen MR) is 65.7 cm³/mol.